The highest BCUT2D eigenvalue weighted by Gasteiger charge is 2.28. The third-order valence-corrected chi connectivity index (χ3v) is 3.92. The summed E-state index contributed by atoms with van der Waals surface area (Å²) < 4.78 is 1.00. The van der Waals surface area contributed by atoms with E-state index in [1.807, 2.05) is 18.2 Å². The van der Waals surface area contributed by atoms with Crippen molar-refractivity contribution >= 4 is 27.5 Å². The molecule has 1 aromatic carbocycles. The van der Waals surface area contributed by atoms with Crippen LogP contribution in [0.4, 0.5) is 0 Å². The highest BCUT2D eigenvalue weighted by Crippen LogP contribution is 2.39. The van der Waals surface area contributed by atoms with Gasteiger partial charge in [0.2, 0.25) is 0 Å². The van der Waals surface area contributed by atoms with Crippen molar-refractivity contribution in [3.05, 3.63) is 33.3 Å². The summed E-state index contributed by atoms with van der Waals surface area (Å²) in [5.41, 5.74) is 3.98. The number of hydrogen-bond donors (Lipinski definition) is 2. The van der Waals surface area contributed by atoms with Gasteiger partial charge in [0.05, 0.1) is 6.04 Å². The SMILES string of the molecule is NNC(c1ccc(Br)cc1Cl)C1CCC1. The van der Waals surface area contributed by atoms with Gasteiger partial charge in [0, 0.05) is 9.50 Å². The fraction of sp³-hybridized carbons (Fsp3) is 0.455. The van der Waals surface area contributed by atoms with E-state index in [0.29, 0.717) is 5.92 Å². The molecule has 3 N–H and O–H groups in total. The minimum Gasteiger partial charge on any atom is -0.271 e. The van der Waals surface area contributed by atoms with E-state index in [-0.39, 0.29) is 6.04 Å². The van der Waals surface area contributed by atoms with Crippen LogP contribution in [0.3, 0.4) is 0 Å². The summed E-state index contributed by atoms with van der Waals surface area (Å²) in [6.07, 6.45) is 3.78. The van der Waals surface area contributed by atoms with Crippen molar-refractivity contribution < 1.29 is 0 Å². The van der Waals surface area contributed by atoms with Crippen LogP contribution < -0.4 is 11.3 Å². The first-order chi connectivity index (χ1) is 7.22. The summed E-state index contributed by atoms with van der Waals surface area (Å²) in [5, 5.41) is 0.777. The van der Waals surface area contributed by atoms with E-state index < -0.39 is 0 Å². The molecule has 1 aliphatic carbocycles. The lowest BCUT2D eigenvalue weighted by Gasteiger charge is -2.34. The van der Waals surface area contributed by atoms with Crippen LogP contribution in [-0.2, 0) is 0 Å². The van der Waals surface area contributed by atoms with Crippen LogP contribution in [0.15, 0.2) is 22.7 Å². The molecule has 1 saturated carbocycles. The van der Waals surface area contributed by atoms with E-state index in [0.717, 1.165) is 15.1 Å². The second kappa shape index (κ2) is 4.83. The minimum atomic E-state index is 0.194. The summed E-state index contributed by atoms with van der Waals surface area (Å²) in [4.78, 5) is 0. The van der Waals surface area contributed by atoms with Crippen LogP contribution in [-0.4, -0.2) is 0 Å². The predicted octanol–water partition coefficient (Wildman–Crippen LogP) is 3.41. The lowest BCUT2D eigenvalue weighted by atomic mass is 9.77. The van der Waals surface area contributed by atoms with Crippen LogP contribution in [0.25, 0.3) is 0 Å². The first-order valence-electron chi connectivity index (χ1n) is 5.13. The molecule has 0 spiro atoms. The van der Waals surface area contributed by atoms with E-state index in [2.05, 4.69) is 21.4 Å². The van der Waals surface area contributed by atoms with Gasteiger partial charge in [-0.25, -0.2) is 0 Å². The maximum absolute atomic E-state index is 6.20. The molecule has 2 nitrogen and oxygen atoms in total. The Hall–Kier alpha value is -0.0900. The topological polar surface area (TPSA) is 38.0 Å². The molecule has 4 heteroatoms. The Morgan fingerprint density at radius 3 is 2.67 bits per heavy atom. The van der Waals surface area contributed by atoms with Crippen LogP contribution in [0, 0.1) is 5.92 Å². The van der Waals surface area contributed by atoms with Gasteiger partial charge >= 0.3 is 0 Å². The molecule has 0 aliphatic heterocycles. The van der Waals surface area contributed by atoms with Crippen molar-refractivity contribution in [1.29, 1.82) is 0 Å². The van der Waals surface area contributed by atoms with E-state index in [1.165, 1.54) is 19.3 Å². The predicted molar refractivity (Wildman–Crippen MR) is 66.6 cm³/mol. The van der Waals surface area contributed by atoms with Crippen LogP contribution in [0.1, 0.15) is 30.9 Å². The zero-order chi connectivity index (χ0) is 10.8. The highest BCUT2D eigenvalue weighted by atomic mass is 79.9. The van der Waals surface area contributed by atoms with Crippen molar-refractivity contribution in [2.45, 2.75) is 25.3 Å². The van der Waals surface area contributed by atoms with Crippen molar-refractivity contribution in [3.63, 3.8) is 0 Å². The maximum atomic E-state index is 6.20. The first-order valence-corrected chi connectivity index (χ1v) is 6.30. The molecule has 0 radical (unpaired) electrons. The third kappa shape index (κ3) is 2.36. The molecule has 0 bridgehead atoms. The molecule has 1 unspecified atom stereocenters. The third-order valence-electron chi connectivity index (χ3n) is 3.10. The normalized spacial score (nSPS) is 18.6. The van der Waals surface area contributed by atoms with Gasteiger partial charge in [-0.05, 0) is 36.5 Å². The van der Waals surface area contributed by atoms with E-state index in [9.17, 15) is 0 Å². The Morgan fingerprint density at radius 1 is 1.47 bits per heavy atom. The van der Waals surface area contributed by atoms with Gasteiger partial charge in [-0.2, -0.15) is 0 Å². The van der Waals surface area contributed by atoms with Gasteiger partial charge in [-0.1, -0.05) is 40.0 Å². The van der Waals surface area contributed by atoms with Crippen LogP contribution >= 0.6 is 27.5 Å². The van der Waals surface area contributed by atoms with Gasteiger partial charge in [-0.3, -0.25) is 11.3 Å². The molecule has 2 rings (SSSR count). The highest BCUT2D eigenvalue weighted by molar-refractivity contribution is 9.10. The maximum Gasteiger partial charge on any atom is 0.0502 e. The van der Waals surface area contributed by atoms with Gasteiger partial charge in [-0.15, -0.1) is 0 Å². The van der Waals surface area contributed by atoms with Crippen molar-refractivity contribution in [3.8, 4) is 0 Å². The molecule has 1 atom stereocenters. The van der Waals surface area contributed by atoms with Crippen LogP contribution in [0.2, 0.25) is 5.02 Å². The molecule has 0 heterocycles. The second-order valence-electron chi connectivity index (χ2n) is 4.00. The largest absolute Gasteiger partial charge is 0.271 e. The van der Waals surface area contributed by atoms with Gasteiger partial charge < -0.3 is 0 Å². The molecular formula is C11H14BrClN2. The zero-order valence-electron chi connectivity index (χ0n) is 8.34. The number of benzene rings is 1. The fourth-order valence-corrected chi connectivity index (χ4v) is 2.80. The molecule has 0 amide bonds. The molecule has 15 heavy (non-hydrogen) atoms. The monoisotopic (exact) mass is 288 g/mol. The molecular weight excluding hydrogens is 275 g/mol. The Labute approximate surface area is 103 Å². The van der Waals surface area contributed by atoms with E-state index in [1.54, 1.807) is 0 Å². The lowest BCUT2D eigenvalue weighted by Crippen LogP contribution is -2.36. The van der Waals surface area contributed by atoms with Gasteiger partial charge in [0.15, 0.2) is 0 Å². The number of rotatable bonds is 3. The fourth-order valence-electron chi connectivity index (χ4n) is 2.01. The Bertz CT molecular complexity index is 352. The van der Waals surface area contributed by atoms with Gasteiger partial charge in [0.1, 0.15) is 0 Å². The standard InChI is InChI=1S/C11H14BrClN2/c12-8-4-5-9(10(13)6-8)11(15-14)7-2-1-3-7/h4-7,11,15H,1-3,14H2. The smallest absolute Gasteiger partial charge is 0.0502 e. The number of hydrogen-bond acceptors (Lipinski definition) is 2. The number of hydrazine groups is 1. The van der Waals surface area contributed by atoms with E-state index >= 15 is 0 Å². The minimum absolute atomic E-state index is 0.194. The van der Waals surface area contributed by atoms with Crippen molar-refractivity contribution in [2.24, 2.45) is 11.8 Å². The Morgan fingerprint density at radius 2 is 2.20 bits per heavy atom. The number of nitrogens with one attached hydrogen (secondary N) is 1. The summed E-state index contributed by atoms with van der Waals surface area (Å²) in [6.45, 7) is 0. The van der Waals surface area contributed by atoms with Crippen LogP contribution in [0.5, 0.6) is 0 Å². The van der Waals surface area contributed by atoms with Crippen molar-refractivity contribution in [1.82, 2.24) is 5.43 Å². The van der Waals surface area contributed by atoms with Gasteiger partial charge in [0.25, 0.3) is 0 Å². The quantitative estimate of drug-likeness (QED) is 0.661. The molecule has 82 valence electrons. The summed E-state index contributed by atoms with van der Waals surface area (Å²) in [7, 11) is 0. The lowest BCUT2D eigenvalue weighted by molar-refractivity contribution is 0.232. The molecule has 1 fully saturated rings. The van der Waals surface area contributed by atoms with E-state index in [4.69, 9.17) is 17.4 Å². The average molecular weight is 290 g/mol. The summed E-state index contributed by atoms with van der Waals surface area (Å²) in [5.74, 6) is 6.23. The molecule has 1 aliphatic rings. The summed E-state index contributed by atoms with van der Waals surface area (Å²) in [6, 6.07) is 6.15. The Kier molecular flexibility index (Phi) is 3.67. The molecule has 0 saturated heterocycles. The number of nitrogens with two attached hydrogens (primary N) is 1. The van der Waals surface area contributed by atoms with Crippen molar-refractivity contribution in [2.75, 3.05) is 0 Å². The summed E-state index contributed by atoms with van der Waals surface area (Å²) >= 11 is 9.60. The average Bonchev–Trinajstić information content (AvgIpc) is 2.12. The Balaban J connectivity index is 2.25. The zero-order valence-corrected chi connectivity index (χ0v) is 10.7. The first kappa shape index (κ1) is 11.4. The molecule has 1 aromatic rings. The second-order valence-corrected chi connectivity index (χ2v) is 5.32. The molecule has 0 aromatic heterocycles. The number of halogens is 2.